The maximum absolute atomic E-state index is 14.0. The number of rotatable bonds is 4. The largest absolute Gasteiger partial charge is 0.372 e. The number of hydrogen-bond donors (Lipinski definition) is 1. The average molecular weight is 361 g/mol. The molecule has 1 atom stereocenters. The lowest BCUT2D eigenvalue weighted by atomic mass is 10.0. The fourth-order valence-corrected chi connectivity index (χ4v) is 3.97. The Morgan fingerprint density at radius 3 is 3.04 bits per heavy atom. The highest BCUT2D eigenvalue weighted by atomic mass is 32.1. The molecule has 0 spiro atoms. The predicted molar refractivity (Wildman–Crippen MR) is 95.0 cm³/mol. The van der Waals surface area contributed by atoms with Crippen LogP contribution in [-0.4, -0.2) is 33.4 Å². The van der Waals surface area contributed by atoms with Gasteiger partial charge in [0.1, 0.15) is 12.0 Å². The van der Waals surface area contributed by atoms with Gasteiger partial charge < -0.3 is 20.3 Å². The molecule has 3 aromatic rings. The van der Waals surface area contributed by atoms with E-state index in [0.29, 0.717) is 17.2 Å². The first-order valence-electron chi connectivity index (χ1n) is 7.99. The minimum atomic E-state index is -0.424. The van der Waals surface area contributed by atoms with Gasteiger partial charge in [0.2, 0.25) is 5.82 Å². The van der Waals surface area contributed by atoms with Crippen molar-refractivity contribution in [3.05, 3.63) is 51.8 Å². The van der Waals surface area contributed by atoms with Crippen LogP contribution in [0, 0.1) is 15.9 Å². The number of halogens is 1. The lowest BCUT2D eigenvalue weighted by Crippen LogP contribution is -2.42. The Morgan fingerprint density at radius 1 is 1.40 bits per heavy atom. The summed E-state index contributed by atoms with van der Waals surface area (Å²) in [6.45, 7) is 1.34. The molecular formula is C16H16FN5O2S. The van der Waals surface area contributed by atoms with Crippen LogP contribution in [0.3, 0.4) is 0 Å². The van der Waals surface area contributed by atoms with Gasteiger partial charge in [-0.25, -0.2) is 4.39 Å². The monoisotopic (exact) mass is 361 g/mol. The third kappa shape index (κ3) is 2.91. The number of thiazole rings is 1. The van der Waals surface area contributed by atoms with Crippen molar-refractivity contribution in [1.82, 2.24) is 9.38 Å². The molecule has 130 valence electrons. The quantitative estimate of drug-likeness (QED) is 0.568. The number of benzene rings is 1. The van der Waals surface area contributed by atoms with Gasteiger partial charge in [-0.1, -0.05) is 23.5 Å². The van der Waals surface area contributed by atoms with Gasteiger partial charge in [0.25, 0.3) is 4.96 Å². The van der Waals surface area contributed by atoms with Crippen molar-refractivity contribution in [2.24, 2.45) is 0 Å². The van der Waals surface area contributed by atoms with Crippen molar-refractivity contribution in [3.8, 4) is 0 Å². The van der Waals surface area contributed by atoms with Gasteiger partial charge >= 0.3 is 5.82 Å². The zero-order valence-corrected chi connectivity index (χ0v) is 14.1. The van der Waals surface area contributed by atoms with Crippen LogP contribution in [0.25, 0.3) is 4.96 Å². The van der Waals surface area contributed by atoms with Crippen LogP contribution in [0.5, 0.6) is 0 Å². The van der Waals surface area contributed by atoms with E-state index >= 15 is 0 Å². The summed E-state index contributed by atoms with van der Waals surface area (Å²) in [5.74, 6) is -0.0341. The van der Waals surface area contributed by atoms with E-state index in [1.807, 2.05) is 11.0 Å². The van der Waals surface area contributed by atoms with Gasteiger partial charge in [0.05, 0.1) is 5.69 Å². The Kier molecular flexibility index (Phi) is 4.00. The molecule has 9 heteroatoms. The molecule has 0 saturated carbocycles. The Labute approximate surface area is 146 Å². The van der Waals surface area contributed by atoms with Gasteiger partial charge in [-0.15, -0.1) is 0 Å². The van der Waals surface area contributed by atoms with Crippen molar-refractivity contribution in [2.45, 2.75) is 18.9 Å². The van der Waals surface area contributed by atoms with Crippen LogP contribution in [0.15, 0.2) is 35.8 Å². The molecule has 0 amide bonds. The minimum absolute atomic E-state index is 0.0309. The van der Waals surface area contributed by atoms with Gasteiger partial charge in [-0.05, 0) is 29.9 Å². The highest BCUT2D eigenvalue weighted by molar-refractivity contribution is 7.15. The molecule has 1 aliphatic heterocycles. The van der Waals surface area contributed by atoms with E-state index in [-0.39, 0.29) is 23.5 Å². The predicted octanol–water partition coefficient (Wildman–Crippen LogP) is 3.52. The summed E-state index contributed by atoms with van der Waals surface area (Å²) in [5.41, 5.74) is 0.564. The van der Waals surface area contributed by atoms with E-state index in [1.54, 1.807) is 23.7 Å². The molecule has 4 rings (SSSR count). The summed E-state index contributed by atoms with van der Waals surface area (Å²) in [5, 5.41) is 16.4. The molecule has 1 N–H and O–H groups in total. The third-order valence-electron chi connectivity index (χ3n) is 4.37. The molecule has 0 bridgehead atoms. The summed E-state index contributed by atoms with van der Waals surface area (Å²) in [6.07, 6.45) is 3.37. The number of fused-ring (bicyclic) bond motifs is 1. The molecule has 3 heterocycles. The lowest BCUT2D eigenvalue weighted by molar-refractivity contribution is -0.389. The summed E-state index contributed by atoms with van der Waals surface area (Å²) in [6, 6.07) is 6.65. The van der Waals surface area contributed by atoms with Gasteiger partial charge in [0, 0.05) is 24.5 Å². The molecule has 0 aliphatic carbocycles. The highest BCUT2D eigenvalue weighted by Gasteiger charge is 2.28. The van der Waals surface area contributed by atoms with Crippen molar-refractivity contribution in [3.63, 3.8) is 0 Å². The molecule has 1 aliphatic rings. The zero-order valence-electron chi connectivity index (χ0n) is 13.3. The van der Waals surface area contributed by atoms with E-state index in [9.17, 15) is 14.5 Å². The summed E-state index contributed by atoms with van der Waals surface area (Å²) >= 11 is 1.35. The fourth-order valence-electron chi connectivity index (χ4n) is 3.26. The number of imidazole rings is 1. The van der Waals surface area contributed by atoms with Crippen molar-refractivity contribution < 1.29 is 9.31 Å². The Balaban J connectivity index is 1.57. The minimum Gasteiger partial charge on any atom is -0.367 e. The number of aromatic nitrogens is 2. The van der Waals surface area contributed by atoms with E-state index in [1.165, 1.54) is 21.8 Å². The molecule has 0 radical (unpaired) electrons. The molecule has 1 unspecified atom stereocenters. The maximum Gasteiger partial charge on any atom is 0.372 e. The summed E-state index contributed by atoms with van der Waals surface area (Å²) < 4.78 is 15.5. The van der Waals surface area contributed by atoms with Gasteiger partial charge in [0.15, 0.2) is 0 Å². The number of piperidine rings is 1. The number of para-hydroxylation sites is 1. The topological polar surface area (TPSA) is 75.7 Å². The standard InChI is InChI=1S/C16H16FN5O2S/c17-12-5-1-2-6-13(12)20-7-3-4-11(10-20)18-14-15(22(23)24)21-8-9-25-16(21)19-14/h1-2,5-6,8-9,11,18H,3-4,7,10H2. The van der Waals surface area contributed by atoms with Crippen LogP contribution in [-0.2, 0) is 0 Å². The Morgan fingerprint density at radius 2 is 2.24 bits per heavy atom. The van der Waals surface area contributed by atoms with Crippen LogP contribution in [0.2, 0.25) is 0 Å². The number of anilines is 2. The number of nitro groups is 1. The van der Waals surface area contributed by atoms with E-state index in [2.05, 4.69) is 10.3 Å². The number of hydrogen-bond acceptors (Lipinski definition) is 6. The average Bonchev–Trinajstić information content (AvgIpc) is 3.15. The summed E-state index contributed by atoms with van der Waals surface area (Å²) in [7, 11) is 0. The van der Waals surface area contributed by atoms with Crippen LogP contribution >= 0.6 is 11.3 Å². The second kappa shape index (κ2) is 6.32. The number of nitrogens with zero attached hydrogens (tertiary/aromatic N) is 4. The zero-order chi connectivity index (χ0) is 17.4. The van der Waals surface area contributed by atoms with Gasteiger partial charge in [-0.3, -0.25) is 0 Å². The SMILES string of the molecule is O=[N+]([O-])c1c(NC2CCCN(c3ccccc3F)C2)nc2sccn12. The first-order valence-corrected chi connectivity index (χ1v) is 8.87. The van der Waals surface area contributed by atoms with Crippen LogP contribution in [0.1, 0.15) is 12.8 Å². The Bertz CT molecular complexity index is 924. The molecule has 1 aromatic carbocycles. The molecular weight excluding hydrogens is 345 g/mol. The van der Waals surface area contributed by atoms with Crippen LogP contribution in [0.4, 0.5) is 21.7 Å². The van der Waals surface area contributed by atoms with Gasteiger partial charge in [-0.2, -0.15) is 9.38 Å². The normalized spacial score (nSPS) is 17.8. The lowest BCUT2D eigenvalue weighted by Gasteiger charge is -2.34. The molecule has 7 nitrogen and oxygen atoms in total. The molecule has 1 fully saturated rings. The second-order valence-corrected chi connectivity index (χ2v) is 6.85. The van der Waals surface area contributed by atoms with E-state index < -0.39 is 4.92 Å². The number of nitrogens with one attached hydrogen (secondary N) is 1. The third-order valence-corrected chi connectivity index (χ3v) is 5.12. The Hall–Kier alpha value is -2.68. The van der Waals surface area contributed by atoms with E-state index in [4.69, 9.17) is 0 Å². The molecule has 1 saturated heterocycles. The van der Waals surface area contributed by atoms with Crippen molar-refractivity contribution in [2.75, 3.05) is 23.3 Å². The van der Waals surface area contributed by atoms with E-state index in [0.717, 1.165) is 19.4 Å². The first kappa shape index (κ1) is 15.8. The molecule has 2 aromatic heterocycles. The smallest absolute Gasteiger partial charge is 0.367 e. The highest BCUT2D eigenvalue weighted by Crippen LogP contribution is 2.30. The van der Waals surface area contributed by atoms with Crippen LogP contribution < -0.4 is 10.2 Å². The summed E-state index contributed by atoms with van der Waals surface area (Å²) in [4.78, 5) is 17.9. The second-order valence-electron chi connectivity index (χ2n) is 5.98. The van der Waals surface area contributed by atoms with Crippen molar-refractivity contribution >= 4 is 33.6 Å². The first-order chi connectivity index (χ1) is 12.1. The maximum atomic E-state index is 14.0. The fraction of sp³-hybridized carbons (Fsp3) is 0.312. The molecule has 25 heavy (non-hydrogen) atoms. The van der Waals surface area contributed by atoms with Crippen molar-refractivity contribution in [1.29, 1.82) is 0 Å².